The lowest BCUT2D eigenvalue weighted by Crippen LogP contribution is -2.12. The van der Waals surface area contributed by atoms with Crippen LogP contribution >= 0.6 is 23.8 Å². The average molecular weight is 329 g/mol. The van der Waals surface area contributed by atoms with Gasteiger partial charge in [0.1, 0.15) is 10.6 Å². The fourth-order valence-corrected chi connectivity index (χ4v) is 2.68. The van der Waals surface area contributed by atoms with Crippen LogP contribution in [0.25, 0.3) is 0 Å². The summed E-state index contributed by atoms with van der Waals surface area (Å²) < 4.78 is 37.1. The van der Waals surface area contributed by atoms with Gasteiger partial charge >= 0.3 is 0 Å². The van der Waals surface area contributed by atoms with Crippen LogP contribution < -0.4 is 4.74 Å². The van der Waals surface area contributed by atoms with E-state index in [1.54, 1.807) is 30.3 Å². The lowest BCUT2D eigenvalue weighted by atomic mass is 10.2. The Bertz CT molecular complexity index is 739. The second-order valence-corrected chi connectivity index (χ2v) is 6.01. The molecule has 2 aromatic carbocycles. The van der Waals surface area contributed by atoms with E-state index in [1.807, 2.05) is 0 Å². The van der Waals surface area contributed by atoms with Crippen LogP contribution in [0, 0.1) is 0 Å². The number of rotatable bonds is 3. The molecule has 20 heavy (non-hydrogen) atoms. The molecule has 0 spiro atoms. The highest BCUT2D eigenvalue weighted by Gasteiger charge is 2.18. The van der Waals surface area contributed by atoms with Gasteiger partial charge in [0.15, 0.2) is 5.05 Å². The minimum Gasteiger partial charge on any atom is -0.445 e. The Labute approximate surface area is 126 Å². The monoisotopic (exact) mass is 328 g/mol. The molecule has 0 bridgehead atoms. The number of hydrogen-bond acceptors (Lipinski definition) is 4. The summed E-state index contributed by atoms with van der Waals surface area (Å²) in [6.45, 7) is 0. The topological polar surface area (TPSA) is 63.6 Å². The molecule has 4 nitrogen and oxygen atoms in total. The quantitative estimate of drug-likeness (QED) is 0.691. The summed E-state index contributed by atoms with van der Waals surface area (Å²) in [5.41, 5.74) is 0.125. The van der Waals surface area contributed by atoms with Crippen LogP contribution in [0.2, 0.25) is 5.02 Å². The molecule has 0 aliphatic heterocycles. The highest BCUT2D eigenvalue weighted by molar-refractivity contribution is 7.86. The largest absolute Gasteiger partial charge is 0.445 e. The van der Waals surface area contributed by atoms with Crippen LogP contribution in [0.4, 0.5) is 0 Å². The van der Waals surface area contributed by atoms with Crippen LogP contribution in [0.1, 0.15) is 5.56 Å². The summed E-state index contributed by atoms with van der Waals surface area (Å²) >= 11 is 10.8. The molecular formula is C13H9ClO4S2. The molecule has 0 amide bonds. The first-order valence-corrected chi connectivity index (χ1v) is 7.65. The van der Waals surface area contributed by atoms with Crippen LogP contribution in [-0.2, 0) is 10.1 Å². The van der Waals surface area contributed by atoms with Crippen LogP contribution in [0.15, 0.2) is 53.4 Å². The number of hydrogen-bond donors (Lipinski definition) is 1. The normalized spacial score (nSPS) is 11.1. The predicted octanol–water partition coefficient (Wildman–Crippen LogP) is 3.34. The maximum absolute atomic E-state index is 11.3. The Balaban J connectivity index is 2.33. The molecule has 0 saturated carbocycles. The Kier molecular flexibility index (Phi) is 4.39. The molecule has 0 radical (unpaired) electrons. The summed E-state index contributed by atoms with van der Waals surface area (Å²) in [5.74, 6) is 0.421. The highest BCUT2D eigenvalue weighted by atomic mass is 35.5. The Morgan fingerprint density at radius 1 is 1.10 bits per heavy atom. The molecule has 7 heteroatoms. The van der Waals surface area contributed by atoms with Gasteiger partial charge in [-0.25, -0.2) is 0 Å². The molecule has 0 aliphatic carbocycles. The van der Waals surface area contributed by atoms with Crippen molar-refractivity contribution in [3.05, 3.63) is 59.1 Å². The van der Waals surface area contributed by atoms with Crippen molar-refractivity contribution in [1.82, 2.24) is 0 Å². The summed E-state index contributed by atoms with van der Waals surface area (Å²) in [7, 11) is -4.37. The van der Waals surface area contributed by atoms with Gasteiger partial charge in [0.25, 0.3) is 10.1 Å². The van der Waals surface area contributed by atoms with Crippen molar-refractivity contribution in [2.24, 2.45) is 0 Å². The minimum absolute atomic E-state index is 0.0550. The first-order valence-electron chi connectivity index (χ1n) is 5.42. The standard InChI is InChI=1S/C13H9ClO4S2/c14-9-5-7-10(8-6-9)18-13(19)11-3-1-2-4-12(11)20(15,16)17/h1-8H,(H,15,16,17). The van der Waals surface area contributed by atoms with E-state index >= 15 is 0 Å². The van der Waals surface area contributed by atoms with E-state index in [4.69, 9.17) is 33.1 Å². The van der Waals surface area contributed by atoms with Crippen molar-refractivity contribution in [2.45, 2.75) is 4.90 Å². The van der Waals surface area contributed by atoms with Crippen LogP contribution in [0.3, 0.4) is 0 Å². The second-order valence-electron chi connectivity index (χ2n) is 3.81. The summed E-state index contributed by atoms with van der Waals surface area (Å²) in [6, 6.07) is 12.2. The molecule has 0 saturated heterocycles. The lowest BCUT2D eigenvalue weighted by molar-refractivity contribution is 0.482. The Morgan fingerprint density at radius 2 is 1.70 bits per heavy atom. The molecule has 104 valence electrons. The number of benzene rings is 2. The predicted molar refractivity (Wildman–Crippen MR) is 80.0 cm³/mol. The SMILES string of the molecule is O=S(=O)(O)c1ccccc1C(=S)Oc1ccc(Cl)cc1. The van der Waals surface area contributed by atoms with E-state index in [0.29, 0.717) is 10.8 Å². The summed E-state index contributed by atoms with van der Waals surface area (Å²) in [4.78, 5) is -0.293. The van der Waals surface area contributed by atoms with Gasteiger partial charge in [0, 0.05) is 10.6 Å². The van der Waals surface area contributed by atoms with Crippen molar-refractivity contribution < 1.29 is 17.7 Å². The molecule has 2 rings (SSSR count). The minimum atomic E-state index is -4.37. The van der Waals surface area contributed by atoms with Gasteiger partial charge in [-0.05, 0) is 48.6 Å². The Morgan fingerprint density at radius 3 is 2.30 bits per heavy atom. The van der Waals surface area contributed by atoms with Gasteiger partial charge in [-0.2, -0.15) is 8.42 Å². The van der Waals surface area contributed by atoms with E-state index in [9.17, 15) is 8.42 Å². The highest BCUT2D eigenvalue weighted by Crippen LogP contribution is 2.20. The first-order chi connectivity index (χ1) is 9.38. The van der Waals surface area contributed by atoms with E-state index < -0.39 is 10.1 Å². The zero-order valence-electron chi connectivity index (χ0n) is 9.99. The van der Waals surface area contributed by atoms with Gasteiger partial charge in [-0.1, -0.05) is 23.7 Å². The molecule has 0 heterocycles. The molecule has 0 aliphatic rings. The van der Waals surface area contributed by atoms with Crippen molar-refractivity contribution in [2.75, 3.05) is 0 Å². The van der Waals surface area contributed by atoms with Crippen molar-refractivity contribution >= 4 is 39.0 Å². The van der Waals surface area contributed by atoms with Crippen molar-refractivity contribution in [3.63, 3.8) is 0 Å². The van der Waals surface area contributed by atoms with Crippen molar-refractivity contribution in [1.29, 1.82) is 0 Å². The van der Waals surface area contributed by atoms with Gasteiger partial charge < -0.3 is 4.74 Å². The first kappa shape index (κ1) is 14.9. The van der Waals surface area contributed by atoms with E-state index in [1.165, 1.54) is 18.2 Å². The van der Waals surface area contributed by atoms with E-state index in [2.05, 4.69) is 0 Å². The average Bonchev–Trinajstić information content (AvgIpc) is 2.40. The maximum Gasteiger partial charge on any atom is 0.295 e. The van der Waals surface area contributed by atoms with Crippen LogP contribution in [0.5, 0.6) is 5.75 Å². The summed E-state index contributed by atoms with van der Waals surface area (Å²) in [6.07, 6.45) is 0. The third-order valence-electron chi connectivity index (χ3n) is 2.41. The third-order valence-corrected chi connectivity index (χ3v) is 3.88. The molecule has 0 unspecified atom stereocenters. The lowest BCUT2D eigenvalue weighted by Gasteiger charge is -2.10. The second kappa shape index (κ2) is 5.88. The number of ether oxygens (including phenoxy) is 1. The molecule has 0 aromatic heterocycles. The molecule has 0 fully saturated rings. The van der Waals surface area contributed by atoms with Crippen molar-refractivity contribution in [3.8, 4) is 5.75 Å². The molecular weight excluding hydrogens is 320 g/mol. The number of thiocarbonyl (C=S) groups is 1. The third kappa shape index (κ3) is 3.55. The zero-order valence-corrected chi connectivity index (χ0v) is 12.4. The smallest absolute Gasteiger partial charge is 0.295 e. The van der Waals surface area contributed by atoms with E-state index in [-0.39, 0.29) is 15.5 Å². The van der Waals surface area contributed by atoms with Gasteiger partial charge in [-0.15, -0.1) is 0 Å². The van der Waals surface area contributed by atoms with Crippen LogP contribution in [-0.4, -0.2) is 18.0 Å². The Hall–Kier alpha value is -1.47. The molecule has 0 atom stereocenters. The van der Waals surface area contributed by atoms with Gasteiger partial charge in [0.05, 0.1) is 0 Å². The summed E-state index contributed by atoms with van der Waals surface area (Å²) in [5, 5.41) is 0.488. The maximum atomic E-state index is 11.3. The zero-order chi connectivity index (χ0) is 14.8. The fourth-order valence-electron chi connectivity index (χ4n) is 1.52. The van der Waals surface area contributed by atoms with Gasteiger partial charge in [-0.3, -0.25) is 4.55 Å². The molecule has 1 N–H and O–H groups in total. The number of halogens is 1. The fraction of sp³-hybridized carbons (Fsp3) is 0. The van der Waals surface area contributed by atoms with E-state index in [0.717, 1.165) is 0 Å². The van der Waals surface area contributed by atoms with Gasteiger partial charge in [0.2, 0.25) is 0 Å². The molecule has 2 aromatic rings.